The van der Waals surface area contributed by atoms with Gasteiger partial charge in [-0.3, -0.25) is 9.59 Å². The van der Waals surface area contributed by atoms with Crippen LogP contribution in [0.25, 0.3) is 10.2 Å². The lowest BCUT2D eigenvalue weighted by molar-refractivity contribution is -0.117. The van der Waals surface area contributed by atoms with Crippen LogP contribution >= 0.6 is 23.1 Å². The van der Waals surface area contributed by atoms with Gasteiger partial charge >= 0.3 is 0 Å². The van der Waals surface area contributed by atoms with E-state index < -0.39 is 0 Å². The fourth-order valence-electron chi connectivity index (χ4n) is 2.61. The third-order valence-electron chi connectivity index (χ3n) is 4.23. The number of aryl methyl sites for hydroxylation is 1. The summed E-state index contributed by atoms with van der Waals surface area (Å²) in [6.45, 7) is 2.04. The molecule has 1 aromatic heterocycles. The maximum atomic E-state index is 12.2. The highest BCUT2D eigenvalue weighted by Crippen LogP contribution is 2.30. The first-order chi connectivity index (χ1) is 13.1. The molecule has 1 fully saturated rings. The molecule has 1 aliphatic carbocycles. The van der Waals surface area contributed by atoms with Crippen molar-refractivity contribution >= 4 is 55.9 Å². The van der Waals surface area contributed by atoms with E-state index in [2.05, 4.69) is 21.7 Å². The van der Waals surface area contributed by atoms with Gasteiger partial charge in [0.25, 0.3) is 0 Å². The van der Waals surface area contributed by atoms with Gasteiger partial charge in [0.15, 0.2) is 5.13 Å². The number of thiazole rings is 1. The van der Waals surface area contributed by atoms with Crippen molar-refractivity contribution in [3.63, 3.8) is 0 Å². The fourth-order valence-corrected chi connectivity index (χ4v) is 4.29. The van der Waals surface area contributed by atoms with Crippen molar-refractivity contribution in [3.05, 3.63) is 48.0 Å². The molecule has 2 N–H and O–H groups in total. The van der Waals surface area contributed by atoms with Crippen LogP contribution in [0.2, 0.25) is 0 Å². The summed E-state index contributed by atoms with van der Waals surface area (Å²) >= 11 is 2.94. The van der Waals surface area contributed by atoms with Gasteiger partial charge < -0.3 is 10.6 Å². The number of nitrogens with zero attached hydrogens (tertiary/aromatic N) is 1. The summed E-state index contributed by atoms with van der Waals surface area (Å²) in [4.78, 5) is 29.4. The average molecular weight is 398 g/mol. The highest BCUT2D eigenvalue weighted by molar-refractivity contribution is 8.00. The quantitative estimate of drug-likeness (QED) is 0.592. The number of fused-ring (bicyclic) bond motifs is 1. The number of amides is 2. The zero-order chi connectivity index (χ0) is 18.8. The lowest BCUT2D eigenvalue weighted by atomic mass is 10.2. The SMILES string of the molecule is Cc1ccc2nc(NC(=O)CSc3ccc(NC(=O)C4CC4)cc3)sc2c1. The zero-order valence-electron chi connectivity index (χ0n) is 14.8. The third kappa shape index (κ3) is 4.67. The Morgan fingerprint density at radius 2 is 1.93 bits per heavy atom. The molecular weight excluding hydrogens is 378 g/mol. The van der Waals surface area contributed by atoms with Crippen LogP contribution in [0.3, 0.4) is 0 Å². The van der Waals surface area contributed by atoms with E-state index in [0.29, 0.717) is 10.9 Å². The van der Waals surface area contributed by atoms with E-state index in [4.69, 9.17) is 0 Å². The van der Waals surface area contributed by atoms with Crippen molar-refractivity contribution < 1.29 is 9.59 Å². The highest BCUT2D eigenvalue weighted by Gasteiger charge is 2.29. The summed E-state index contributed by atoms with van der Waals surface area (Å²) in [6.07, 6.45) is 1.98. The molecule has 0 unspecified atom stereocenters. The lowest BCUT2D eigenvalue weighted by Crippen LogP contribution is -2.14. The van der Waals surface area contributed by atoms with Gasteiger partial charge in [-0.15, -0.1) is 11.8 Å². The van der Waals surface area contributed by atoms with Crippen molar-refractivity contribution in [2.45, 2.75) is 24.7 Å². The molecule has 1 heterocycles. The number of carbonyl (C=O) groups excluding carboxylic acids is 2. The van der Waals surface area contributed by atoms with Crippen LogP contribution in [-0.2, 0) is 9.59 Å². The van der Waals surface area contributed by atoms with Crippen molar-refractivity contribution in [1.29, 1.82) is 0 Å². The normalized spacial score (nSPS) is 13.5. The van der Waals surface area contributed by atoms with Crippen LogP contribution in [-0.4, -0.2) is 22.6 Å². The molecule has 7 heteroatoms. The molecule has 1 saturated carbocycles. The second kappa shape index (κ2) is 7.70. The largest absolute Gasteiger partial charge is 0.326 e. The highest BCUT2D eigenvalue weighted by atomic mass is 32.2. The van der Waals surface area contributed by atoms with Crippen LogP contribution < -0.4 is 10.6 Å². The maximum absolute atomic E-state index is 12.2. The van der Waals surface area contributed by atoms with E-state index in [1.165, 1.54) is 28.7 Å². The number of carbonyl (C=O) groups is 2. The zero-order valence-corrected chi connectivity index (χ0v) is 16.5. The molecule has 3 aromatic rings. The van der Waals surface area contributed by atoms with Crippen LogP contribution in [0.15, 0.2) is 47.4 Å². The Kier molecular flexibility index (Phi) is 5.13. The Labute approximate surface area is 165 Å². The molecule has 4 rings (SSSR count). The molecule has 2 amide bonds. The van der Waals surface area contributed by atoms with Crippen molar-refractivity contribution in [2.24, 2.45) is 5.92 Å². The van der Waals surface area contributed by atoms with E-state index in [1.54, 1.807) is 0 Å². The molecule has 1 aliphatic rings. The Hall–Kier alpha value is -2.38. The molecule has 0 aliphatic heterocycles. The second-order valence-corrected chi connectivity index (χ2v) is 8.69. The summed E-state index contributed by atoms with van der Waals surface area (Å²) < 4.78 is 1.07. The van der Waals surface area contributed by atoms with Crippen LogP contribution in [0.4, 0.5) is 10.8 Å². The monoisotopic (exact) mass is 397 g/mol. The van der Waals surface area contributed by atoms with Crippen LogP contribution in [0.1, 0.15) is 18.4 Å². The molecule has 0 radical (unpaired) electrons. The molecule has 27 heavy (non-hydrogen) atoms. The lowest BCUT2D eigenvalue weighted by Gasteiger charge is -2.06. The summed E-state index contributed by atoms with van der Waals surface area (Å²) in [7, 11) is 0. The van der Waals surface area contributed by atoms with Crippen molar-refractivity contribution in [1.82, 2.24) is 4.98 Å². The Balaban J connectivity index is 1.29. The molecule has 2 aromatic carbocycles. The van der Waals surface area contributed by atoms with Gasteiger partial charge in [-0.05, 0) is 61.7 Å². The predicted octanol–water partition coefficient (Wildman–Crippen LogP) is 4.68. The van der Waals surface area contributed by atoms with Crippen LogP contribution in [0.5, 0.6) is 0 Å². The first-order valence-corrected chi connectivity index (χ1v) is 10.6. The molecule has 0 bridgehead atoms. The van der Waals surface area contributed by atoms with E-state index in [9.17, 15) is 9.59 Å². The average Bonchev–Trinajstić information content (AvgIpc) is 3.42. The Morgan fingerprint density at radius 3 is 2.67 bits per heavy atom. The summed E-state index contributed by atoms with van der Waals surface area (Å²) in [6, 6.07) is 13.6. The van der Waals surface area contributed by atoms with Gasteiger partial charge in [0.2, 0.25) is 11.8 Å². The summed E-state index contributed by atoms with van der Waals surface area (Å²) in [5, 5.41) is 6.40. The van der Waals surface area contributed by atoms with Crippen LogP contribution in [0, 0.1) is 12.8 Å². The van der Waals surface area contributed by atoms with Crippen molar-refractivity contribution in [2.75, 3.05) is 16.4 Å². The van der Waals surface area contributed by atoms with Gasteiger partial charge in [-0.1, -0.05) is 17.4 Å². The number of aromatic nitrogens is 1. The molecular formula is C20H19N3O2S2. The number of hydrogen-bond donors (Lipinski definition) is 2. The third-order valence-corrected chi connectivity index (χ3v) is 6.18. The Morgan fingerprint density at radius 1 is 1.15 bits per heavy atom. The van der Waals surface area contributed by atoms with Gasteiger partial charge in [-0.25, -0.2) is 4.98 Å². The number of anilines is 2. The summed E-state index contributed by atoms with van der Waals surface area (Å²) in [5.74, 6) is 0.514. The molecule has 0 spiro atoms. The smallest absolute Gasteiger partial charge is 0.236 e. The predicted molar refractivity (Wildman–Crippen MR) is 112 cm³/mol. The second-order valence-electron chi connectivity index (χ2n) is 6.61. The molecule has 5 nitrogen and oxygen atoms in total. The Bertz CT molecular complexity index is 994. The minimum absolute atomic E-state index is 0.0816. The first-order valence-electron chi connectivity index (χ1n) is 8.77. The van der Waals surface area contributed by atoms with Crippen molar-refractivity contribution in [3.8, 4) is 0 Å². The molecule has 138 valence electrons. The fraction of sp³-hybridized carbons (Fsp3) is 0.250. The van der Waals surface area contributed by atoms with E-state index in [1.807, 2.05) is 43.3 Å². The van der Waals surface area contributed by atoms with Gasteiger partial charge in [0.05, 0.1) is 16.0 Å². The minimum atomic E-state index is -0.0816. The number of rotatable bonds is 6. The van der Waals surface area contributed by atoms with Gasteiger partial charge in [0, 0.05) is 16.5 Å². The molecule has 0 saturated heterocycles. The topological polar surface area (TPSA) is 71.1 Å². The van der Waals surface area contributed by atoms with Gasteiger partial charge in [0.1, 0.15) is 0 Å². The van der Waals surface area contributed by atoms with E-state index in [-0.39, 0.29) is 17.7 Å². The maximum Gasteiger partial charge on any atom is 0.236 e. The van der Waals surface area contributed by atoms with E-state index >= 15 is 0 Å². The molecule has 0 atom stereocenters. The minimum Gasteiger partial charge on any atom is -0.326 e. The number of nitrogens with one attached hydrogen (secondary N) is 2. The standard InChI is InChI=1S/C20H19N3O2S2/c1-12-2-9-16-17(10-12)27-20(22-16)23-18(24)11-26-15-7-5-14(6-8-15)21-19(25)13-3-4-13/h2,5-10,13H,3-4,11H2,1H3,(H,21,25)(H,22,23,24). The summed E-state index contributed by atoms with van der Waals surface area (Å²) in [5.41, 5.74) is 2.87. The number of hydrogen-bond acceptors (Lipinski definition) is 5. The number of benzene rings is 2. The van der Waals surface area contributed by atoms with Gasteiger partial charge in [-0.2, -0.15) is 0 Å². The first kappa shape index (κ1) is 18.0. The van der Waals surface area contributed by atoms with E-state index in [0.717, 1.165) is 33.6 Å². The number of thioether (sulfide) groups is 1.